The molecule has 0 spiro atoms. The molecule has 3 rings (SSSR count). The number of nitrogens with zero attached hydrogens (tertiary/aromatic N) is 1. The number of hydrogen-bond donors (Lipinski definition) is 0. The molecule has 0 fully saturated rings. The molecule has 2 heteroatoms. The van der Waals surface area contributed by atoms with E-state index in [4.69, 9.17) is 4.74 Å². The van der Waals surface area contributed by atoms with Crippen molar-refractivity contribution in [1.29, 1.82) is 0 Å². The molecule has 17 heavy (non-hydrogen) atoms. The van der Waals surface area contributed by atoms with Gasteiger partial charge in [0, 0.05) is 5.22 Å². The molecule has 0 N–H and O–H groups in total. The molecule has 0 saturated carbocycles. The van der Waals surface area contributed by atoms with Crippen molar-refractivity contribution in [3.8, 4) is 5.75 Å². The summed E-state index contributed by atoms with van der Waals surface area (Å²) in [4.78, 5) is 4.35. The van der Waals surface area contributed by atoms with E-state index in [0.29, 0.717) is 6.61 Å². The molecule has 2 aromatic carbocycles. The summed E-state index contributed by atoms with van der Waals surface area (Å²) in [6.45, 7) is 1.40. The molecule has 0 aromatic heterocycles. The van der Waals surface area contributed by atoms with Crippen molar-refractivity contribution in [2.75, 3.05) is 6.54 Å². The van der Waals surface area contributed by atoms with Gasteiger partial charge in [-0.3, -0.25) is 4.99 Å². The average molecular weight is 223 g/mol. The van der Waals surface area contributed by atoms with Crippen LogP contribution in [0, 0.1) is 0 Å². The molecule has 1 heterocycles. The number of benzene rings is 2. The standard InChI is InChI=1S/C15H13NO/c1-2-4-12(5-3-1)11-17-14-6-7-15-13(10-14)8-9-16-15/h1-8,10H,9,11H2. The van der Waals surface area contributed by atoms with Gasteiger partial charge in [0.25, 0.3) is 0 Å². The molecule has 2 nitrogen and oxygen atoms in total. The van der Waals surface area contributed by atoms with Crippen LogP contribution in [0.1, 0.15) is 5.56 Å². The maximum Gasteiger partial charge on any atom is 0.120 e. The summed E-state index contributed by atoms with van der Waals surface area (Å²) >= 11 is 0. The van der Waals surface area contributed by atoms with Gasteiger partial charge in [0.05, 0.1) is 11.9 Å². The summed E-state index contributed by atoms with van der Waals surface area (Å²) in [6, 6.07) is 16.2. The van der Waals surface area contributed by atoms with Crippen molar-refractivity contribution in [2.24, 2.45) is 4.99 Å². The van der Waals surface area contributed by atoms with E-state index in [9.17, 15) is 0 Å². The Balaban J connectivity index is 1.77. The molecular weight excluding hydrogens is 210 g/mol. The molecule has 2 aromatic rings. The van der Waals surface area contributed by atoms with Gasteiger partial charge in [-0.25, -0.2) is 0 Å². The van der Waals surface area contributed by atoms with Crippen LogP contribution in [0.25, 0.3) is 6.08 Å². The minimum absolute atomic E-state index is 0.608. The highest BCUT2D eigenvalue weighted by atomic mass is 16.5. The number of hydrogen-bond acceptors (Lipinski definition) is 2. The molecule has 0 radical (unpaired) electrons. The Morgan fingerprint density at radius 3 is 2.82 bits per heavy atom. The van der Waals surface area contributed by atoms with Gasteiger partial charge in [-0.15, -0.1) is 0 Å². The topological polar surface area (TPSA) is 21.6 Å². The summed E-state index contributed by atoms with van der Waals surface area (Å²) in [6.07, 6.45) is 2.12. The van der Waals surface area contributed by atoms with Crippen molar-refractivity contribution in [1.82, 2.24) is 0 Å². The Morgan fingerprint density at radius 2 is 1.94 bits per heavy atom. The van der Waals surface area contributed by atoms with E-state index in [1.165, 1.54) is 10.8 Å². The van der Waals surface area contributed by atoms with Crippen LogP contribution in [-0.4, -0.2) is 6.54 Å². The largest absolute Gasteiger partial charge is 0.489 e. The lowest BCUT2D eigenvalue weighted by Crippen LogP contribution is -2.20. The van der Waals surface area contributed by atoms with Gasteiger partial charge in [0.2, 0.25) is 0 Å². The molecule has 0 bridgehead atoms. The highest BCUT2D eigenvalue weighted by Gasteiger charge is 1.99. The van der Waals surface area contributed by atoms with E-state index in [1.807, 2.05) is 30.3 Å². The highest BCUT2D eigenvalue weighted by Crippen LogP contribution is 2.08. The third kappa shape index (κ3) is 2.21. The molecule has 84 valence electrons. The van der Waals surface area contributed by atoms with E-state index in [-0.39, 0.29) is 0 Å². The molecule has 1 aliphatic rings. The first-order chi connectivity index (χ1) is 8.42. The van der Waals surface area contributed by atoms with Crippen LogP contribution in [0.5, 0.6) is 5.75 Å². The summed E-state index contributed by atoms with van der Waals surface area (Å²) in [5.74, 6) is 0.904. The second-order valence-corrected chi connectivity index (χ2v) is 4.04. The highest BCUT2D eigenvalue weighted by molar-refractivity contribution is 5.34. The van der Waals surface area contributed by atoms with Gasteiger partial charge in [0.15, 0.2) is 0 Å². The summed E-state index contributed by atoms with van der Waals surface area (Å²) in [7, 11) is 0. The fourth-order valence-electron chi connectivity index (χ4n) is 1.91. The SMILES string of the molecule is C1=c2cc(OCc3ccccc3)ccc2=NC1. The third-order valence-electron chi connectivity index (χ3n) is 2.82. The first-order valence-electron chi connectivity index (χ1n) is 5.73. The zero-order valence-electron chi connectivity index (χ0n) is 9.47. The van der Waals surface area contributed by atoms with Gasteiger partial charge in [-0.1, -0.05) is 36.4 Å². The van der Waals surface area contributed by atoms with Crippen LogP contribution in [0.4, 0.5) is 0 Å². The Morgan fingerprint density at radius 1 is 1.06 bits per heavy atom. The van der Waals surface area contributed by atoms with Gasteiger partial charge in [0.1, 0.15) is 12.4 Å². The van der Waals surface area contributed by atoms with Gasteiger partial charge in [-0.05, 0) is 23.8 Å². The monoisotopic (exact) mass is 223 g/mol. The normalized spacial score (nSPS) is 12.5. The predicted molar refractivity (Wildman–Crippen MR) is 67.3 cm³/mol. The van der Waals surface area contributed by atoms with Gasteiger partial charge in [-0.2, -0.15) is 0 Å². The van der Waals surface area contributed by atoms with Gasteiger partial charge >= 0.3 is 0 Å². The van der Waals surface area contributed by atoms with Gasteiger partial charge < -0.3 is 4.74 Å². The molecule has 0 amide bonds. The van der Waals surface area contributed by atoms with Crippen molar-refractivity contribution in [3.63, 3.8) is 0 Å². The van der Waals surface area contributed by atoms with Crippen LogP contribution in [0.15, 0.2) is 53.5 Å². The first kappa shape index (κ1) is 10.1. The number of rotatable bonds is 3. The van der Waals surface area contributed by atoms with Crippen molar-refractivity contribution in [2.45, 2.75) is 6.61 Å². The maximum absolute atomic E-state index is 5.76. The fourth-order valence-corrected chi connectivity index (χ4v) is 1.91. The second kappa shape index (κ2) is 4.42. The summed E-state index contributed by atoms with van der Waals surface area (Å²) < 4.78 is 5.76. The molecule has 0 unspecified atom stereocenters. The van der Waals surface area contributed by atoms with Crippen molar-refractivity contribution >= 4 is 6.08 Å². The minimum Gasteiger partial charge on any atom is -0.489 e. The first-order valence-corrected chi connectivity index (χ1v) is 5.73. The Labute approximate surface area is 99.9 Å². The Kier molecular flexibility index (Phi) is 2.62. The zero-order valence-corrected chi connectivity index (χ0v) is 9.47. The molecular formula is C15H13NO. The van der Waals surface area contributed by atoms with Crippen molar-refractivity contribution in [3.05, 3.63) is 64.7 Å². The molecule has 1 aliphatic heterocycles. The number of fused-ring (bicyclic) bond motifs is 1. The Bertz CT molecular complexity index is 632. The van der Waals surface area contributed by atoms with Crippen LogP contribution in [-0.2, 0) is 6.61 Å². The zero-order chi connectivity index (χ0) is 11.5. The number of ether oxygens (including phenoxy) is 1. The lowest BCUT2D eigenvalue weighted by Gasteiger charge is -2.05. The van der Waals surface area contributed by atoms with E-state index in [1.54, 1.807) is 0 Å². The molecule has 0 aliphatic carbocycles. The molecule has 0 atom stereocenters. The van der Waals surface area contributed by atoms with E-state index < -0.39 is 0 Å². The van der Waals surface area contributed by atoms with E-state index in [2.05, 4.69) is 29.3 Å². The second-order valence-electron chi connectivity index (χ2n) is 4.04. The third-order valence-corrected chi connectivity index (χ3v) is 2.82. The quantitative estimate of drug-likeness (QED) is 0.775. The summed E-state index contributed by atoms with van der Waals surface area (Å²) in [5.41, 5.74) is 1.18. The average Bonchev–Trinajstić information content (AvgIpc) is 2.85. The van der Waals surface area contributed by atoms with Crippen LogP contribution < -0.4 is 15.3 Å². The van der Waals surface area contributed by atoms with Crippen molar-refractivity contribution < 1.29 is 4.74 Å². The fraction of sp³-hybridized carbons (Fsp3) is 0.133. The van der Waals surface area contributed by atoms with Crippen LogP contribution >= 0.6 is 0 Å². The Hall–Kier alpha value is -2.09. The van der Waals surface area contributed by atoms with Crippen LogP contribution in [0.2, 0.25) is 0 Å². The van der Waals surface area contributed by atoms with E-state index >= 15 is 0 Å². The minimum atomic E-state index is 0.608. The molecule has 0 saturated heterocycles. The predicted octanol–water partition coefficient (Wildman–Crippen LogP) is 1.68. The van der Waals surface area contributed by atoms with Crippen LogP contribution in [0.3, 0.4) is 0 Å². The lowest BCUT2D eigenvalue weighted by atomic mass is 10.2. The summed E-state index contributed by atoms with van der Waals surface area (Å²) in [5, 5.41) is 2.24. The lowest BCUT2D eigenvalue weighted by molar-refractivity contribution is 0.306. The van der Waals surface area contributed by atoms with E-state index in [0.717, 1.165) is 17.7 Å². The smallest absolute Gasteiger partial charge is 0.120 e. The maximum atomic E-state index is 5.76.